The average Bonchev–Trinajstić information content (AvgIpc) is 1.98. The van der Waals surface area contributed by atoms with Gasteiger partial charge in [0.2, 0.25) is 5.91 Å². The number of hydrogen-bond acceptors (Lipinski definition) is 3. The molecule has 0 aliphatic heterocycles. The highest BCUT2D eigenvalue weighted by Crippen LogP contribution is 2.36. The van der Waals surface area contributed by atoms with E-state index in [1.165, 1.54) is 0 Å². The summed E-state index contributed by atoms with van der Waals surface area (Å²) in [6.07, 6.45) is 2.49. The maximum atomic E-state index is 10.8. The zero-order chi connectivity index (χ0) is 9.90. The summed E-state index contributed by atoms with van der Waals surface area (Å²) in [7, 11) is 1.70. The molecule has 13 heavy (non-hydrogen) atoms. The summed E-state index contributed by atoms with van der Waals surface area (Å²) in [4.78, 5) is 10.8. The van der Waals surface area contributed by atoms with Crippen molar-refractivity contribution in [2.75, 3.05) is 13.7 Å². The first-order valence-electron chi connectivity index (χ1n) is 4.68. The van der Waals surface area contributed by atoms with Crippen LogP contribution in [0.25, 0.3) is 0 Å². The molecule has 1 aliphatic carbocycles. The number of hydrogen-bond donors (Lipinski definition) is 2. The van der Waals surface area contributed by atoms with Crippen LogP contribution in [0.5, 0.6) is 0 Å². The quantitative estimate of drug-likeness (QED) is 0.636. The van der Waals surface area contributed by atoms with Crippen molar-refractivity contribution in [2.45, 2.75) is 37.8 Å². The normalized spacial score (nSPS) is 32.6. The molecule has 0 aromatic heterocycles. The van der Waals surface area contributed by atoms with Crippen molar-refractivity contribution >= 4 is 5.91 Å². The Labute approximate surface area is 78.8 Å². The van der Waals surface area contributed by atoms with E-state index in [9.17, 15) is 4.79 Å². The molecular formula is C9H18N2O2. The molecule has 1 amide bonds. The van der Waals surface area contributed by atoms with Crippen molar-refractivity contribution in [3.63, 3.8) is 0 Å². The second-order valence-corrected chi connectivity index (χ2v) is 3.72. The summed E-state index contributed by atoms with van der Waals surface area (Å²) < 4.78 is 5.18. The molecule has 0 aromatic carbocycles. The number of methoxy groups -OCH3 is 1. The van der Waals surface area contributed by atoms with Gasteiger partial charge in [0.05, 0.1) is 6.10 Å². The Morgan fingerprint density at radius 2 is 2.31 bits per heavy atom. The smallest absolute Gasteiger partial charge is 0.219 e. The molecule has 4 nitrogen and oxygen atoms in total. The fourth-order valence-electron chi connectivity index (χ4n) is 2.04. The van der Waals surface area contributed by atoms with Gasteiger partial charge in [0.25, 0.3) is 0 Å². The fourth-order valence-corrected chi connectivity index (χ4v) is 2.04. The van der Waals surface area contributed by atoms with Gasteiger partial charge in [-0.2, -0.15) is 0 Å². The van der Waals surface area contributed by atoms with Crippen LogP contribution in [-0.2, 0) is 9.53 Å². The van der Waals surface area contributed by atoms with Gasteiger partial charge in [-0.15, -0.1) is 0 Å². The molecule has 0 atom stereocenters. The predicted octanol–water partition coefficient (Wildman–Crippen LogP) is 0.0189. The van der Waals surface area contributed by atoms with E-state index >= 15 is 0 Å². The SMILES string of the molecule is CCNC1(CC(N)=O)CC(OC)C1. The Balaban J connectivity index is 2.44. The molecule has 0 unspecified atom stereocenters. The number of primary amides is 1. The maximum Gasteiger partial charge on any atom is 0.219 e. The highest BCUT2D eigenvalue weighted by Gasteiger charge is 2.44. The maximum absolute atomic E-state index is 10.8. The van der Waals surface area contributed by atoms with E-state index in [1.54, 1.807) is 7.11 Å². The van der Waals surface area contributed by atoms with Crippen molar-refractivity contribution in [2.24, 2.45) is 5.73 Å². The highest BCUT2D eigenvalue weighted by atomic mass is 16.5. The van der Waals surface area contributed by atoms with E-state index in [0.29, 0.717) is 12.5 Å². The third kappa shape index (κ3) is 2.42. The second kappa shape index (κ2) is 4.07. The minimum absolute atomic E-state index is 0.0821. The number of rotatable bonds is 5. The largest absolute Gasteiger partial charge is 0.381 e. The third-order valence-electron chi connectivity index (χ3n) is 2.63. The van der Waals surface area contributed by atoms with Crippen LogP contribution in [0.4, 0.5) is 0 Å². The van der Waals surface area contributed by atoms with Gasteiger partial charge in [-0.05, 0) is 19.4 Å². The van der Waals surface area contributed by atoms with Crippen LogP contribution in [0.1, 0.15) is 26.2 Å². The van der Waals surface area contributed by atoms with Crippen LogP contribution < -0.4 is 11.1 Å². The Bertz CT molecular complexity index is 188. The van der Waals surface area contributed by atoms with Crippen LogP contribution in [0.2, 0.25) is 0 Å². The van der Waals surface area contributed by atoms with Gasteiger partial charge in [-0.3, -0.25) is 4.79 Å². The highest BCUT2D eigenvalue weighted by molar-refractivity contribution is 5.75. The first kappa shape index (κ1) is 10.5. The number of ether oxygens (including phenoxy) is 1. The zero-order valence-electron chi connectivity index (χ0n) is 8.30. The van der Waals surface area contributed by atoms with E-state index in [0.717, 1.165) is 19.4 Å². The molecular weight excluding hydrogens is 168 g/mol. The zero-order valence-corrected chi connectivity index (χ0v) is 8.30. The molecule has 0 spiro atoms. The summed E-state index contributed by atoms with van der Waals surface area (Å²) in [5.74, 6) is -0.240. The van der Waals surface area contributed by atoms with Gasteiger partial charge in [0.15, 0.2) is 0 Å². The number of amides is 1. The lowest BCUT2D eigenvalue weighted by molar-refractivity contribution is -0.122. The van der Waals surface area contributed by atoms with Crippen molar-refractivity contribution in [1.29, 1.82) is 0 Å². The van der Waals surface area contributed by atoms with E-state index in [1.807, 2.05) is 6.92 Å². The number of carbonyl (C=O) groups excluding carboxylic acids is 1. The van der Waals surface area contributed by atoms with Gasteiger partial charge in [-0.1, -0.05) is 6.92 Å². The Morgan fingerprint density at radius 1 is 1.69 bits per heavy atom. The number of nitrogens with one attached hydrogen (secondary N) is 1. The average molecular weight is 186 g/mol. The van der Waals surface area contributed by atoms with Crippen LogP contribution >= 0.6 is 0 Å². The molecule has 1 rings (SSSR count). The minimum Gasteiger partial charge on any atom is -0.381 e. The van der Waals surface area contributed by atoms with E-state index in [4.69, 9.17) is 10.5 Å². The van der Waals surface area contributed by atoms with Gasteiger partial charge >= 0.3 is 0 Å². The lowest BCUT2D eigenvalue weighted by Crippen LogP contribution is -2.59. The van der Waals surface area contributed by atoms with Crippen molar-refractivity contribution < 1.29 is 9.53 Å². The second-order valence-electron chi connectivity index (χ2n) is 3.72. The first-order chi connectivity index (χ1) is 6.12. The summed E-state index contributed by atoms with van der Waals surface area (Å²) in [6, 6.07) is 0. The Morgan fingerprint density at radius 3 is 2.69 bits per heavy atom. The molecule has 0 heterocycles. The lowest BCUT2D eigenvalue weighted by atomic mass is 9.71. The van der Waals surface area contributed by atoms with E-state index in [2.05, 4.69) is 5.32 Å². The van der Waals surface area contributed by atoms with E-state index in [-0.39, 0.29) is 11.4 Å². The lowest BCUT2D eigenvalue weighted by Gasteiger charge is -2.47. The fraction of sp³-hybridized carbons (Fsp3) is 0.889. The topological polar surface area (TPSA) is 64.3 Å². The van der Waals surface area contributed by atoms with Gasteiger partial charge in [-0.25, -0.2) is 0 Å². The minimum atomic E-state index is -0.240. The molecule has 1 fully saturated rings. The molecule has 1 aliphatic rings. The van der Waals surface area contributed by atoms with Crippen molar-refractivity contribution in [1.82, 2.24) is 5.32 Å². The van der Waals surface area contributed by atoms with Crippen molar-refractivity contribution in [3.8, 4) is 0 Å². The first-order valence-corrected chi connectivity index (χ1v) is 4.68. The van der Waals surface area contributed by atoms with Gasteiger partial charge in [0.1, 0.15) is 0 Å². The molecule has 0 aromatic rings. The Kier molecular flexibility index (Phi) is 3.27. The van der Waals surface area contributed by atoms with Crippen LogP contribution in [0.3, 0.4) is 0 Å². The van der Waals surface area contributed by atoms with Crippen molar-refractivity contribution in [3.05, 3.63) is 0 Å². The summed E-state index contributed by atoms with van der Waals surface area (Å²) in [6.45, 7) is 2.90. The summed E-state index contributed by atoms with van der Waals surface area (Å²) >= 11 is 0. The summed E-state index contributed by atoms with van der Waals surface area (Å²) in [5.41, 5.74) is 5.10. The standard InChI is InChI=1S/C9H18N2O2/c1-3-11-9(6-8(10)12)4-7(5-9)13-2/h7,11H,3-6H2,1-2H3,(H2,10,12). The molecule has 0 bridgehead atoms. The van der Waals surface area contributed by atoms with Crippen LogP contribution in [0.15, 0.2) is 0 Å². The predicted molar refractivity (Wildman–Crippen MR) is 50.3 cm³/mol. The molecule has 1 saturated carbocycles. The molecule has 4 heteroatoms. The van der Waals surface area contributed by atoms with Crippen LogP contribution in [0, 0.1) is 0 Å². The molecule has 0 radical (unpaired) electrons. The van der Waals surface area contributed by atoms with Gasteiger partial charge < -0.3 is 15.8 Å². The third-order valence-corrected chi connectivity index (χ3v) is 2.63. The van der Waals surface area contributed by atoms with E-state index < -0.39 is 0 Å². The monoisotopic (exact) mass is 186 g/mol. The number of nitrogens with two attached hydrogens (primary N) is 1. The molecule has 3 N–H and O–H groups in total. The summed E-state index contributed by atoms with van der Waals surface area (Å²) in [5, 5.41) is 3.31. The molecule has 0 saturated heterocycles. The Hall–Kier alpha value is -0.610. The molecule has 76 valence electrons. The number of carbonyl (C=O) groups is 1. The van der Waals surface area contributed by atoms with Crippen LogP contribution in [-0.4, -0.2) is 31.2 Å². The van der Waals surface area contributed by atoms with Gasteiger partial charge in [0, 0.05) is 19.1 Å².